The van der Waals surface area contributed by atoms with Crippen molar-refractivity contribution in [3.8, 4) is 17.2 Å². The van der Waals surface area contributed by atoms with Crippen molar-refractivity contribution >= 4 is 23.7 Å². The Morgan fingerprint density at radius 1 is 1.06 bits per heavy atom. The molecule has 6 rings (SSSR count). The van der Waals surface area contributed by atoms with Crippen LogP contribution < -0.4 is 14.2 Å². The van der Waals surface area contributed by atoms with E-state index in [1.165, 1.54) is 24.4 Å². The molecule has 172 valence electrons. The highest BCUT2D eigenvalue weighted by Gasteiger charge is 2.59. The third-order valence-electron chi connectivity index (χ3n) is 6.79. The summed E-state index contributed by atoms with van der Waals surface area (Å²) >= 11 is 0. The van der Waals surface area contributed by atoms with Gasteiger partial charge in [0.25, 0.3) is 17.5 Å². The molecule has 0 radical (unpaired) electrons. The molecule has 1 saturated carbocycles. The number of nitro groups is 1. The molecule has 2 bridgehead atoms. The summed E-state index contributed by atoms with van der Waals surface area (Å²) in [6, 6.07) is 9.50. The molecule has 10 heteroatoms. The zero-order valence-corrected chi connectivity index (χ0v) is 17.8. The van der Waals surface area contributed by atoms with Gasteiger partial charge in [0.2, 0.25) is 6.79 Å². The van der Waals surface area contributed by atoms with Gasteiger partial charge in [-0.3, -0.25) is 19.7 Å². The Bertz CT molecular complexity index is 1260. The normalized spacial score (nSPS) is 26.1. The minimum Gasteiger partial charge on any atom is -0.488 e. The fourth-order valence-electron chi connectivity index (χ4n) is 5.19. The van der Waals surface area contributed by atoms with E-state index in [1.54, 1.807) is 12.1 Å². The molecule has 34 heavy (non-hydrogen) atoms. The first-order valence-corrected chi connectivity index (χ1v) is 10.9. The number of benzene rings is 2. The van der Waals surface area contributed by atoms with E-state index in [4.69, 9.17) is 14.2 Å². The standard InChI is InChI=1S/C24H19N3O7/c28-23-21-14-2-3-15(8-14)22(21)24(29)26(23)25-10-16-9-17(27(30)31)4-6-18(16)32-11-13-1-5-19-20(7-13)34-12-33-19/h1-7,9-10,14-15,21-22H,8,11-12H2/t14-,15-,21-,22+/m0/s1. The third kappa shape index (κ3) is 3.21. The number of amides is 2. The molecule has 0 spiro atoms. The molecule has 2 amide bonds. The number of ether oxygens (including phenoxy) is 3. The first-order chi connectivity index (χ1) is 16.5. The second kappa shape index (κ2) is 7.68. The Morgan fingerprint density at radius 2 is 1.79 bits per heavy atom. The van der Waals surface area contributed by atoms with Gasteiger partial charge in [-0.15, -0.1) is 0 Å². The van der Waals surface area contributed by atoms with Crippen LogP contribution in [0.1, 0.15) is 17.5 Å². The van der Waals surface area contributed by atoms with Gasteiger partial charge in [-0.05, 0) is 42.0 Å². The van der Waals surface area contributed by atoms with Crippen molar-refractivity contribution in [2.75, 3.05) is 6.79 Å². The smallest absolute Gasteiger partial charge is 0.270 e. The van der Waals surface area contributed by atoms with Crippen LogP contribution in [0.3, 0.4) is 0 Å². The van der Waals surface area contributed by atoms with E-state index in [0.29, 0.717) is 17.2 Å². The summed E-state index contributed by atoms with van der Waals surface area (Å²) in [4.78, 5) is 36.5. The zero-order chi connectivity index (χ0) is 23.4. The van der Waals surface area contributed by atoms with Crippen molar-refractivity contribution in [1.82, 2.24) is 5.01 Å². The van der Waals surface area contributed by atoms with E-state index in [2.05, 4.69) is 5.10 Å². The largest absolute Gasteiger partial charge is 0.488 e. The topological polar surface area (TPSA) is 121 Å². The lowest BCUT2D eigenvalue weighted by Gasteiger charge is -2.13. The number of carbonyl (C=O) groups excluding carboxylic acids is 2. The van der Waals surface area contributed by atoms with Crippen molar-refractivity contribution in [3.05, 3.63) is 69.8 Å². The van der Waals surface area contributed by atoms with Crippen molar-refractivity contribution in [1.29, 1.82) is 0 Å². The molecule has 2 fully saturated rings. The van der Waals surface area contributed by atoms with Crippen LogP contribution in [0.4, 0.5) is 5.69 Å². The van der Waals surface area contributed by atoms with Crippen LogP contribution in [0, 0.1) is 33.8 Å². The summed E-state index contributed by atoms with van der Waals surface area (Å²) in [5, 5.41) is 16.3. The van der Waals surface area contributed by atoms with Gasteiger partial charge in [0.1, 0.15) is 12.4 Å². The summed E-state index contributed by atoms with van der Waals surface area (Å²) in [6.07, 6.45) is 6.11. The number of non-ortho nitro benzene ring substituents is 1. The van der Waals surface area contributed by atoms with Gasteiger partial charge in [-0.25, -0.2) is 0 Å². The number of fused-ring (bicyclic) bond motifs is 6. The molecule has 4 atom stereocenters. The van der Waals surface area contributed by atoms with Crippen LogP contribution in [0.2, 0.25) is 0 Å². The van der Waals surface area contributed by atoms with E-state index in [9.17, 15) is 19.7 Å². The van der Waals surface area contributed by atoms with Gasteiger partial charge in [0.15, 0.2) is 11.5 Å². The fourth-order valence-corrected chi connectivity index (χ4v) is 5.19. The first-order valence-electron chi connectivity index (χ1n) is 10.9. The molecule has 2 heterocycles. The quantitative estimate of drug-likeness (QED) is 0.213. The molecule has 10 nitrogen and oxygen atoms in total. The van der Waals surface area contributed by atoms with Crippen LogP contribution in [0.15, 0.2) is 53.7 Å². The number of nitro benzene ring substituents is 1. The van der Waals surface area contributed by atoms with E-state index in [1.807, 2.05) is 18.2 Å². The zero-order valence-electron chi connectivity index (χ0n) is 17.8. The van der Waals surface area contributed by atoms with Crippen LogP contribution in [-0.2, 0) is 16.2 Å². The molecule has 4 aliphatic rings. The first kappa shape index (κ1) is 20.4. The van der Waals surface area contributed by atoms with Gasteiger partial charge in [-0.2, -0.15) is 10.1 Å². The maximum atomic E-state index is 12.9. The Labute approximate surface area is 193 Å². The maximum Gasteiger partial charge on any atom is 0.270 e. The summed E-state index contributed by atoms with van der Waals surface area (Å²) < 4.78 is 16.6. The second-order valence-corrected chi connectivity index (χ2v) is 8.69. The number of carbonyl (C=O) groups is 2. The number of hydrogen-bond donors (Lipinski definition) is 0. The molecule has 2 aromatic rings. The lowest BCUT2D eigenvalue weighted by molar-refractivity contribution is -0.384. The minimum atomic E-state index is -0.529. The molecule has 0 unspecified atom stereocenters. The summed E-state index contributed by atoms with van der Waals surface area (Å²) in [5.74, 6) is 0.362. The van der Waals surface area contributed by atoms with E-state index >= 15 is 0 Å². The summed E-state index contributed by atoms with van der Waals surface area (Å²) in [7, 11) is 0. The molecule has 0 N–H and O–H groups in total. The van der Waals surface area contributed by atoms with Gasteiger partial charge < -0.3 is 14.2 Å². The van der Waals surface area contributed by atoms with Crippen LogP contribution in [0.5, 0.6) is 17.2 Å². The Morgan fingerprint density at radius 3 is 2.53 bits per heavy atom. The molecule has 2 aliphatic carbocycles. The Kier molecular flexibility index (Phi) is 4.61. The van der Waals surface area contributed by atoms with Crippen molar-refractivity contribution in [3.63, 3.8) is 0 Å². The molecular weight excluding hydrogens is 442 g/mol. The third-order valence-corrected chi connectivity index (χ3v) is 6.79. The van der Waals surface area contributed by atoms with Gasteiger partial charge in [0, 0.05) is 17.7 Å². The van der Waals surface area contributed by atoms with Crippen LogP contribution >= 0.6 is 0 Å². The molecule has 0 aromatic heterocycles. The molecule has 2 aromatic carbocycles. The summed E-state index contributed by atoms with van der Waals surface area (Å²) in [6.45, 7) is 0.325. The highest BCUT2D eigenvalue weighted by Crippen LogP contribution is 2.52. The van der Waals surface area contributed by atoms with Gasteiger partial charge >= 0.3 is 0 Å². The highest BCUT2D eigenvalue weighted by atomic mass is 16.7. The van der Waals surface area contributed by atoms with Crippen molar-refractivity contribution in [2.24, 2.45) is 28.8 Å². The monoisotopic (exact) mass is 461 g/mol. The van der Waals surface area contributed by atoms with Gasteiger partial charge in [0.05, 0.1) is 23.0 Å². The predicted octanol–water partition coefficient (Wildman–Crippen LogP) is 3.04. The van der Waals surface area contributed by atoms with Crippen molar-refractivity contribution in [2.45, 2.75) is 13.0 Å². The summed E-state index contributed by atoms with van der Waals surface area (Å²) in [5.41, 5.74) is 0.940. The Balaban J connectivity index is 1.24. The average Bonchev–Trinajstić information content (AvgIpc) is 3.61. The molecule has 2 aliphatic heterocycles. The number of allylic oxidation sites excluding steroid dienone is 2. The minimum absolute atomic E-state index is 0.0741. The van der Waals surface area contributed by atoms with E-state index < -0.39 is 4.92 Å². The fraction of sp³-hybridized carbons (Fsp3) is 0.292. The van der Waals surface area contributed by atoms with Crippen LogP contribution in [-0.4, -0.2) is 34.8 Å². The van der Waals surface area contributed by atoms with E-state index in [0.717, 1.165) is 17.0 Å². The highest BCUT2D eigenvalue weighted by molar-refractivity contribution is 6.07. The number of hydrazone groups is 1. The number of hydrogen-bond acceptors (Lipinski definition) is 8. The van der Waals surface area contributed by atoms with Crippen molar-refractivity contribution < 1.29 is 28.7 Å². The number of rotatable bonds is 6. The predicted molar refractivity (Wildman–Crippen MR) is 117 cm³/mol. The van der Waals surface area contributed by atoms with Crippen LogP contribution in [0.25, 0.3) is 0 Å². The average molecular weight is 461 g/mol. The molecule has 1 saturated heterocycles. The SMILES string of the molecule is O=C1[C@@H]2[C@H](C(=O)N1N=Cc1cc([N+](=O)[O-])ccc1OCc1ccc3c(c1)OCO3)[C@H]1C=C[C@H]2C1. The second-order valence-electron chi connectivity index (χ2n) is 8.69. The van der Waals surface area contributed by atoms with E-state index in [-0.39, 0.29) is 60.1 Å². The number of imide groups is 1. The molecular formula is C24H19N3O7. The Hall–Kier alpha value is -4.21. The lowest BCUT2D eigenvalue weighted by atomic mass is 9.85. The number of nitrogens with zero attached hydrogens (tertiary/aromatic N) is 3. The lowest BCUT2D eigenvalue weighted by Crippen LogP contribution is -2.28. The van der Waals surface area contributed by atoms with Gasteiger partial charge in [-0.1, -0.05) is 18.2 Å². The maximum absolute atomic E-state index is 12.9.